The molecule has 1 saturated heterocycles. The zero-order valence-electron chi connectivity index (χ0n) is 11.9. The zero-order valence-corrected chi connectivity index (χ0v) is 12.7. The highest BCUT2D eigenvalue weighted by Gasteiger charge is 2.30. The van der Waals surface area contributed by atoms with E-state index in [1.165, 1.54) is 24.4 Å². The van der Waals surface area contributed by atoms with Gasteiger partial charge in [-0.25, -0.2) is 0 Å². The molecule has 0 saturated carbocycles. The van der Waals surface area contributed by atoms with Crippen LogP contribution in [0.2, 0.25) is 0 Å². The van der Waals surface area contributed by atoms with E-state index in [0.717, 1.165) is 23.9 Å². The van der Waals surface area contributed by atoms with E-state index in [4.69, 9.17) is 0 Å². The van der Waals surface area contributed by atoms with Crippen LogP contribution in [0.25, 0.3) is 17.2 Å². The molecule has 1 fully saturated rings. The summed E-state index contributed by atoms with van der Waals surface area (Å²) in [5.74, 6) is -0.494. The average molecular weight is 350 g/mol. The number of pyridine rings is 1. The third-order valence-corrected chi connectivity index (χ3v) is 4.06. The number of carbonyl (C=O) groups excluding carboxylic acids is 2. The standard InChI is InChI=1S/C16H9F3N2O2S/c17-16(18,19)11-3-1-9(2-4-11)10-5-6-20-12(7-10)8-13-14(22)21-15(23)24-13/h1-8H,(H,21,22,23). The molecule has 4 nitrogen and oxygen atoms in total. The Morgan fingerprint density at radius 3 is 2.33 bits per heavy atom. The van der Waals surface area contributed by atoms with E-state index < -0.39 is 22.9 Å². The number of imide groups is 1. The molecule has 0 aliphatic carbocycles. The van der Waals surface area contributed by atoms with Gasteiger partial charge in [-0.05, 0) is 53.2 Å². The maximum absolute atomic E-state index is 12.6. The Kier molecular flexibility index (Phi) is 4.15. The number of alkyl halides is 3. The molecule has 2 aromatic rings. The van der Waals surface area contributed by atoms with Crippen molar-refractivity contribution in [3.05, 3.63) is 58.8 Å². The molecule has 0 bridgehead atoms. The van der Waals surface area contributed by atoms with Crippen LogP contribution in [0.15, 0.2) is 47.5 Å². The Morgan fingerprint density at radius 1 is 1.04 bits per heavy atom. The van der Waals surface area contributed by atoms with Gasteiger partial charge in [0.2, 0.25) is 0 Å². The highest BCUT2D eigenvalue weighted by Crippen LogP contribution is 2.31. The Labute approximate surface area is 138 Å². The molecule has 0 atom stereocenters. The molecule has 2 amide bonds. The highest BCUT2D eigenvalue weighted by molar-refractivity contribution is 8.18. The molecule has 0 radical (unpaired) electrons. The fourth-order valence-corrected chi connectivity index (χ4v) is 2.78. The van der Waals surface area contributed by atoms with Crippen LogP contribution in [0.4, 0.5) is 18.0 Å². The van der Waals surface area contributed by atoms with Gasteiger partial charge < -0.3 is 0 Å². The topological polar surface area (TPSA) is 59.1 Å². The molecule has 1 aliphatic heterocycles. The molecule has 8 heteroatoms. The average Bonchev–Trinajstić information content (AvgIpc) is 2.84. The molecule has 2 heterocycles. The van der Waals surface area contributed by atoms with Crippen LogP contribution in [-0.2, 0) is 11.0 Å². The van der Waals surface area contributed by atoms with Crippen molar-refractivity contribution >= 4 is 29.0 Å². The summed E-state index contributed by atoms with van der Waals surface area (Å²) in [7, 11) is 0. The number of aromatic nitrogens is 1. The third kappa shape index (κ3) is 3.48. The van der Waals surface area contributed by atoms with E-state index >= 15 is 0 Å². The minimum Gasteiger partial charge on any atom is -0.282 e. The van der Waals surface area contributed by atoms with Crippen LogP contribution in [-0.4, -0.2) is 16.1 Å². The second kappa shape index (κ2) is 6.12. The van der Waals surface area contributed by atoms with E-state index in [1.807, 2.05) is 0 Å². The second-order valence-corrected chi connectivity index (χ2v) is 5.91. The molecule has 1 aromatic carbocycles. The number of amides is 2. The van der Waals surface area contributed by atoms with E-state index in [2.05, 4.69) is 10.3 Å². The van der Waals surface area contributed by atoms with Crippen molar-refractivity contribution in [3.8, 4) is 11.1 Å². The Bertz CT molecular complexity index is 845. The predicted molar refractivity (Wildman–Crippen MR) is 83.8 cm³/mol. The predicted octanol–water partition coefficient (Wildman–Crippen LogP) is 4.09. The molecule has 122 valence electrons. The molecular formula is C16H9F3N2O2S. The van der Waals surface area contributed by atoms with Crippen LogP contribution in [0, 0.1) is 0 Å². The van der Waals surface area contributed by atoms with Crippen molar-refractivity contribution in [2.75, 3.05) is 0 Å². The maximum atomic E-state index is 12.6. The van der Waals surface area contributed by atoms with Crippen LogP contribution < -0.4 is 5.32 Å². The Balaban J connectivity index is 1.90. The van der Waals surface area contributed by atoms with E-state index in [0.29, 0.717) is 16.8 Å². The van der Waals surface area contributed by atoms with Crippen LogP contribution in [0.5, 0.6) is 0 Å². The molecule has 3 rings (SSSR count). The number of nitrogens with one attached hydrogen (secondary N) is 1. The lowest BCUT2D eigenvalue weighted by Gasteiger charge is -2.08. The first kappa shape index (κ1) is 16.3. The summed E-state index contributed by atoms with van der Waals surface area (Å²) < 4.78 is 37.8. The van der Waals surface area contributed by atoms with Gasteiger partial charge in [0.25, 0.3) is 11.1 Å². The summed E-state index contributed by atoms with van der Waals surface area (Å²) in [6.07, 6.45) is -1.44. The van der Waals surface area contributed by atoms with Crippen molar-refractivity contribution in [1.29, 1.82) is 0 Å². The van der Waals surface area contributed by atoms with Crippen molar-refractivity contribution < 1.29 is 22.8 Å². The summed E-state index contributed by atoms with van der Waals surface area (Å²) in [6, 6.07) is 8.04. The molecule has 1 N–H and O–H groups in total. The van der Waals surface area contributed by atoms with Gasteiger partial charge >= 0.3 is 6.18 Å². The number of hydrogen-bond donors (Lipinski definition) is 1. The smallest absolute Gasteiger partial charge is 0.282 e. The molecule has 24 heavy (non-hydrogen) atoms. The number of benzene rings is 1. The third-order valence-electron chi connectivity index (χ3n) is 3.25. The van der Waals surface area contributed by atoms with Gasteiger partial charge in [0.1, 0.15) is 0 Å². The summed E-state index contributed by atoms with van der Waals surface area (Å²) in [5, 5.41) is 1.68. The monoisotopic (exact) mass is 350 g/mol. The van der Waals surface area contributed by atoms with Crippen molar-refractivity contribution in [2.24, 2.45) is 0 Å². The minimum absolute atomic E-state index is 0.220. The number of halogens is 3. The van der Waals surface area contributed by atoms with Crippen molar-refractivity contribution in [3.63, 3.8) is 0 Å². The summed E-state index contributed by atoms with van der Waals surface area (Å²) in [4.78, 5) is 27.0. The highest BCUT2D eigenvalue weighted by atomic mass is 32.2. The summed E-state index contributed by atoms with van der Waals surface area (Å²) >= 11 is 0.771. The van der Waals surface area contributed by atoms with Crippen LogP contribution in [0.1, 0.15) is 11.3 Å². The fraction of sp³-hybridized carbons (Fsp3) is 0.0625. The first-order valence-electron chi connectivity index (χ1n) is 6.71. The first-order valence-corrected chi connectivity index (χ1v) is 7.53. The Morgan fingerprint density at radius 2 is 1.75 bits per heavy atom. The number of thioether (sulfide) groups is 1. The number of carbonyl (C=O) groups is 2. The van der Waals surface area contributed by atoms with Crippen LogP contribution >= 0.6 is 11.8 Å². The minimum atomic E-state index is -4.38. The lowest BCUT2D eigenvalue weighted by Crippen LogP contribution is -2.17. The maximum Gasteiger partial charge on any atom is 0.416 e. The van der Waals surface area contributed by atoms with Gasteiger partial charge in [-0.15, -0.1) is 0 Å². The number of rotatable bonds is 2. The number of hydrogen-bond acceptors (Lipinski definition) is 4. The lowest BCUT2D eigenvalue weighted by atomic mass is 10.0. The zero-order chi connectivity index (χ0) is 17.3. The molecule has 0 unspecified atom stereocenters. The molecule has 1 aliphatic rings. The van der Waals surface area contributed by atoms with Gasteiger partial charge in [0.05, 0.1) is 16.2 Å². The largest absolute Gasteiger partial charge is 0.416 e. The van der Waals surface area contributed by atoms with Gasteiger partial charge in [-0.1, -0.05) is 12.1 Å². The quantitative estimate of drug-likeness (QED) is 0.829. The van der Waals surface area contributed by atoms with E-state index in [-0.39, 0.29) is 4.91 Å². The molecular weight excluding hydrogens is 341 g/mol. The van der Waals surface area contributed by atoms with Gasteiger partial charge in [-0.3, -0.25) is 19.9 Å². The van der Waals surface area contributed by atoms with E-state index in [1.54, 1.807) is 12.1 Å². The second-order valence-electron chi connectivity index (χ2n) is 4.90. The van der Waals surface area contributed by atoms with E-state index in [9.17, 15) is 22.8 Å². The first-order chi connectivity index (χ1) is 11.3. The van der Waals surface area contributed by atoms with Crippen molar-refractivity contribution in [1.82, 2.24) is 10.3 Å². The normalized spacial score (nSPS) is 16.5. The summed E-state index contributed by atoms with van der Waals surface area (Å²) in [6.45, 7) is 0. The van der Waals surface area contributed by atoms with Gasteiger partial charge in [0, 0.05) is 6.20 Å². The molecule has 1 aromatic heterocycles. The van der Waals surface area contributed by atoms with Gasteiger partial charge in [0.15, 0.2) is 0 Å². The Hall–Kier alpha value is -2.61. The van der Waals surface area contributed by atoms with Crippen LogP contribution in [0.3, 0.4) is 0 Å². The summed E-state index contributed by atoms with van der Waals surface area (Å²) in [5.41, 5.74) is 0.949. The van der Waals surface area contributed by atoms with Crippen molar-refractivity contribution in [2.45, 2.75) is 6.18 Å². The molecule has 0 spiro atoms. The fourth-order valence-electron chi connectivity index (χ4n) is 2.11. The SMILES string of the molecule is O=C1NC(=O)C(=Cc2cc(-c3ccc(C(F)(F)F)cc3)ccn2)S1. The number of nitrogens with zero attached hydrogens (tertiary/aromatic N) is 1. The van der Waals surface area contributed by atoms with Gasteiger partial charge in [-0.2, -0.15) is 13.2 Å². The lowest BCUT2D eigenvalue weighted by molar-refractivity contribution is -0.137.